The number of ether oxygens (including phenoxy) is 1. The number of aromatic hydroxyl groups is 1. The highest BCUT2D eigenvalue weighted by atomic mass is 19.4. The van der Waals surface area contributed by atoms with Crippen LogP contribution in [0, 0.1) is 0 Å². The van der Waals surface area contributed by atoms with E-state index >= 15 is 0 Å². The van der Waals surface area contributed by atoms with E-state index in [9.17, 15) is 27.9 Å². The van der Waals surface area contributed by atoms with Crippen molar-refractivity contribution in [1.82, 2.24) is 14.8 Å². The number of aromatic amines is 1. The number of hydrogen-bond donors (Lipinski definition) is 2. The number of nitrogens with one attached hydrogen (secondary N) is 1. The van der Waals surface area contributed by atoms with E-state index in [1.165, 1.54) is 4.90 Å². The number of alkyl halides is 3. The van der Waals surface area contributed by atoms with Crippen LogP contribution in [-0.2, 0) is 17.8 Å². The zero-order valence-electron chi connectivity index (χ0n) is 17.0. The van der Waals surface area contributed by atoms with Crippen LogP contribution in [0.1, 0.15) is 29.8 Å². The minimum Gasteiger partial charge on any atom is -0.503 e. The summed E-state index contributed by atoms with van der Waals surface area (Å²) in [4.78, 5) is 29.7. The monoisotopic (exact) mass is 439 g/mol. The fourth-order valence-electron chi connectivity index (χ4n) is 3.60. The van der Waals surface area contributed by atoms with Gasteiger partial charge in [-0.2, -0.15) is 13.2 Å². The number of hydrogen-bond acceptors (Lipinski definition) is 5. The van der Waals surface area contributed by atoms with Crippen LogP contribution in [0.2, 0.25) is 0 Å². The summed E-state index contributed by atoms with van der Waals surface area (Å²) in [7, 11) is 0. The number of halogens is 3. The lowest BCUT2D eigenvalue weighted by molar-refractivity contribution is -0.190. The van der Waals surface area contributed by atoms with Crippen molar-refractivity contribution < 1.29 is 27.8 Å². The van der Waals surface area contributed by atoms with E-state index in [2.05, 4.69) is 4.98 Å². The number of rotatable bonds is 5. The van der Waals surface area contributed by atoms with Crippen molar-refractivity contribution in [2.45, 2.75) is 32.2 Å². The molecular formula is C21H24F3N3O4. The first kappa shape index (κ1) is 22.7. The third kappa shape index (κ3) is 5.19. The van der Waals surface area contributed by atoms with Crippen LogP contribution in [0.25, 0.3) is 0 Å². The Bertz CT molecular complexity index is 955. The van der Waals surface area contributed by atoms with Gasteiger partial charge < -0.3 is 19.7 Å². The smallest absolute Gasteiger partial charge is 0.410 e. The number of carbonyl (C=O) groups excluding carboxylic acids is 1. The van der Waals surface area contributed by atoms with Crippen molar-refractivity contribution in [2.75, 3.05) is 26.2 Å². The molecule has 1 aliphatic heterocycles. The molecule has 1 unspecified atom stereocenters. The van der Waals surface area contributed by atoms with E-state index in [4.69, 9.17) is 4.74 Å². The molecule has 1 amide bonds. The molecule has 31 heavy (non-hydrogen) atoms. The van der Waals surface area contributed by atoms with Gasteiger partial charge in [-0.05, 0) is 12.0 Å². The van der Waals surface area contributed by atoms with Crippen molar-refractivity contribution in [1.29, 1.82) is 0 Å². The molecular weight excluding hydrogens is 415 g/mol. The van der Waals surface area contributed by atoms with Crippen molar-refractivity contribution >= 4 is 6.09 Å². The topological polar surface area (TPSA) is 85.9 Å². The standard InChI is InChI=1S/C21H24F3N3O4/c1-2-16-18(29)17(28)15(12-25-16)19(21(22,23)24)26-8-10-27(11-9-26)20(30)31-13-14-6-4-3-5-7-14/h3-7,12,19,29H,2,8-11,13H2,1H3,(H,25,28). The van der Waals surface area contributed by atoms with Gasteiger partial charge in [-0.25, -0.2) is 4.79 Å². The maximum Gasteiger partial charge on any atom is 0.410 e. The summed E-state index contributed by atoms with van der Waals surface area (Å²) >= 11 is 0. The molecule has 2 aromatic rings. The van der Waals surface area contributed by atoms with Gasteiger partial charge in [-0.1, -0.05) is 37.3 Å². The average molecular weight is 439 g/mol. The molecule has 0 saturated carbocycles. The van der Waals surface area contributed by atoms with Gasteiger partial charge in [-0.3, -0.25) is 9.69 Å². The van der Waals surface area contributed by atoms with E-state index in [0.717, 1.165) is 16.7 Å². The second-order valence-electron chi connectivity index (χ2n) is 7.26. The van der Waals surface area contributed by atoms with Crippen molar-refractivity contribution in [3.8, 4) is 5.75 Å². The highest BCUT2D eigenvalue weighted by Gasteiger charge is 2.47. The predicted octanol–water partition coefficient (Wildman–Crippen LogP) is 3.20. The molecule has 7 nitrogen and oxygen atoms in total. The molecule has 1 fully saturated rings. The number of carbonyl (C=O) groups is 1. The number of H-pyrrole nitrogens is 1. The van der Waals surface area contributed by atoms with Crippen LogP contribution in [-0.4, -0.2) is 58.3 Å². The Labute approximate surface area is 177 Å². The molecule has 10 heteroatoms. The van der Waals surface area contributed by atoms with Gasteiger partial charge in [0.1, 0.15) is 12.6 Å². The lowest BCUT2D eigenvalue weighted by Crippen LogP contribution is -2.53. The van der Waals surface area contributed by atoms with Gasteiger partial charge in [0.2, 0.25) is 5.43 Å². The first-order valence-electron chi connectivity index (χ1n) is 9.92. The molecule has 2 N–H and O–H groups in total. The second-order valence-corrected chi connectivity index (χ2v) is 7.26. The highest BCUT2D eigenvalue weighted by molar-refractivity contribution is 5.67. The third-order valence-corrected chi connectivity index (χ3v) is 5.27. The van der Waals surface area contributed by atoms with Crippen LogP contribution < -0.4 is 5.43 Å². The van der Waals surface area contributed by atoms with Crippen LogP contribution in [0.4, 0.5) is 18.0 Å². The molecule has 1 aromatic carbocycles. The Morgan fingerprint density at radius 1 is 1.19 bits per heavy atom. The largest absolute Gasteiger partial charge is 0.503 e. The molecule has 1 saturated heterocycles. The molecule has 0 bridgehead atoms. The van der Waals surface area contributed by atoms with Gasteiger partial charge >= 0.3 is 12.3 Å². The number of pyridine rings is 1. The van der Waals surface area contributed by atoms with E-state index in [-0.39, 0.29) is 44.9 Å². The Kier molecular flexibility index (Phi) is 6.89. The summed E-state index contributed by atoms with van der Waals surface area (Å²) in [5, 5.41) is 9.96. The highest BCUT2D eigenvalue weighted by Crippen LogP contribution is 2.37. The minimum absolute atomic E-state index is 0.0249. The molecule has 1 aromatic heterocycles. The Morgan fingerprint density at radius 2 is 1.84 bits per heavy atom. The van der Waals surface area contributed by atoms with Crippen molar-refractivity contribution in [3.63, 3.8) is 0 Å². The SMILES string of the molecule is CCc1[nH]cc(C(N2CCN(C(=O)OCc3ccccc3)CC2)C(F)(F)F)c(=O)c1O. The average Bonchev–Trinajstić information content (AvgIpc) is 2.75. The Balaban J connectivity index is 1.69. The third-order valence-electron chi connectivity index (χ3n) is 5.27. The number of piperazine rings is 1. The number of benzene rings is 1. The number of aromatic nitrogens is 1. The lowest BCUT2D eigenvalue weighted by atomic mass is 10.0. The Hall–Kier alpha value is -3.01. The zero-order chi connectivity index (χ0) is 22.6. The summed E-state index contributed by atoms with van der Waals surface area (Å²) in [5.41, 5.74) is -0.619. The summed E-state index contributed by atoms with van der Waals surface area (Å²) in [5.74, 6) is -0.697. The maximum atomic E-state index is 13.9. The van der Waals surface area contributed by atoms with Gasteiger partial charge in [0.05, 0.1) is 5.69 Å². The van der Waals surface area contributed by atoms with Crippen LogP contribution in [0.3, 0.4) is 0 Å². The van der Waals surface area contributed by atoms with E-state index in [0.29, 0.717) is 0 Å². The second kappa shape index (κ2) is 9.42. The van der Waals surface area contributed by atoms with E-state index < -0.39 is 35.1 Å². The predicted molar refractivity (Wildman–Crippen MR) is 107 cm³/mol. The maximum absolute atomic E-state index is 13.9. The summed E-state index contributed by atoms with van der Waals surface area (Å²) in [6.07, 6.45) is -4.04. The van der Waals surface area contributed by atoms with Crippen LogP contribution in [0.15, 0.2) is 41.3 Å². The quantitative estimate of drug-likeness (QED) is 0.748. The van der Waals surface area contributed by atoms with E-state index in [1.54, 1.807) is 19.1 Å². The molecule has 2 heterocycles. The van der Waals surface area contributed by atoms with Crippen LogP contribution in [0.5, 0.6) is 5.75 Å². The molecule has 0 aliphatic carbocycles. The lowest BCUT2D eigenvalue weighted by Gasteiger charge is -2.39. The Morgan fingerprint density at radius 3 is 2.42 bits per heavy atom. The van der Waals surface area contributed by atoms with Gasteiger partial charge in [-0.15, -0.1) is 0 Å². The first-order chi connectivity index (χ1) is 14.7. The molecule has 0 radical (unpaired) electrons. The molecule has 1 aliphatic rings. The van der Waals surface area contributed by atoms with Gasteiger partial charge in [0.15, 0.2) is 5.75 Å². The molecule has 3 rings (SSSR count). The minimum atomic E-state index is -4.73. The fourth-order valence-corrected chi connectivity index (χ4v) is 3.60. The summed E-state index contributed by atoms with van der Waals surface area (Å²) < 4.78 is 46.8. The van der Waals surface area contributed by atoms with Crippen LogP contribution >= 0.6 is 0 Å². The zero-order valence-corrected chi connectivity index (χ0v) is 17.0. The summed E-state index contributed by atoms with van der Waals surface area (Å²) in [6, 6.07) is 6.88. The summed E-state index contributed by atoms with van der Waals surface area (Å²) in [6.45, 7) is 1.60. The first-order valence-corrected chi connectivity index (χ1v) is 9.92. The van der Waals surface area contributed by atoms with E-state index in [1.807, 2.05) is 18.2 Å². The van der Waals surface area contributed by atoms with Gasteiger partial charge in [0.25, 0.3) is 0 Å². The molecule has 168 valence electrons. The van der Waals surface area contributed by atoms with Gasteiger partial charge in [0, 0.05) is 37.9 Å². The van der Waals surface area contributed by atoms with Crippen molar-refractivity contribution in [3.05, 3.63) is 63.6 Å². The number of amides is 1. The fraction of sp³-hybridized carbons (Fsp3) is 0.429. The normalized spacial score (nSPS) is 16.2. The number of aryl methyl sites for hydroxylation is 1. The molecule has 0 spiro atoms. The van der Waals surface area contributed by atoms with Crippen molar-refractivity contribution in [2.24, 2.45) is 0 Å². The number of nitrogens with zero attached hydrogens (tertiary/aromatic N) is 2. The molecule has 1 atom stereocenters.